The molecule has 9 aromatic rings. The van der Waals surface area contributed by atoms with E-state index in [-0.39, 0.29) is 0 Å². The minimum absolute atomic E-state index is 0.534. The molecule has 0 aliphatic rings. The molecule has 0 atom stereocenters. The van der Waals surface area contributed by atoms with Gasteiger partial charge in [0.25, 0.3) is 0 Å². The quantitative estimate of drug-likeness (QED) is 0.0978. The lowest BCUT2D eigenvalue weighted by molar-refractivity contribution is 1.06. The fourth-order valence-corrected chi connectivity index (χ4v) is 7.93. The van der Waals surface area contributed by atoms with Crippen molar-refractivity contribution in [2.45, 2.75) is 13.5 Å². The highest BCUT2D eigenvalue weighted by molar-refractivity contribution is 6.12. The van der Waals surface area contributed by atoms with Gasteiger partial charge in [-0.15, -0.1) is 0 Å². The smallest absolute Gasteiger partial charge is 0.155 e. The molecule has 0 amide bonds. The van der Waals surface area contributed by atoms with E-state index in [1.54, 1.807) is 0 Å². The third-order valence-electron chi connectivity index (χ3n) is 11.0. The Kier molecular flexibility index (Phi) is 11.3. The third-order valence-corrected chi connectivity index (χ3v) is 11.0. The van der Waals surface area contributed by atoms with Crippen LogP contribution in [0, 0.1) is 0 Å². The molecule has 0 aliphatic carbocycles. The molecular weight excluding hydrogens is 725 g/mol. The van der Waals surface area contributed by atoms with Gasteiger partial charge in [-0.1, -0.05) is 212 Å². The first kappa shape index (κ1) is 37.9. The molecule has 0 N–H and O–H groups in total. The Morgan fingerprint density at radius 1 is 0.333 bits per heavy atom. The molecule has 0 saturated heterocycles. The first-order valence-corrected chi connectivity index (χ1v) is 20.5. The summed E-state index contributed by atoms with van der Waals surface area (Å²) in [4.78, 5) is 10.5. The molecule has 2 nitrogen and oxygen atoms in total. The maximum atomic E-state index is 5.36. The zero-order chi connectivity index (χ0) is 40.5. The molecule has 286 valence electrons. The molecule has 0 radical (unpaired) electrons. The molecule has 9 rings (SSSR count). The normalized spacial score (nSPS) is 11.7. The number of nitrogens with zero attached hydrogens (tertiary/aromatic N) is 2. The largest absolute Gasteiger partial charge is 0.261 e. The molecule has 60 heavy (non-hydrogen) atoms. The lowest BCUT2D eigenvalue weighted by atomic mass is 9.84. The Hall–Kier alpha value is -7.68. The minimum atomic E-state index is 0.534. The van der Waals surface area contributed by atoms with Crippen molar-refractivity contribution >= 4 is 11.5 Å². The van der Waals surface area contributed by atoms with E-state index >= 15 is 0 Å². The Bertz CT molecular complexity index is 2880. The van der Waals surface area contributed by atoms with Crippen molar-refractivity contribution in [1.82, 2.24) is 0 Å². The van der Waals surface area contributed by atoms with E-state index in [4.69, 9.17) is 9.98 Å². The van der Waals surface area contributed by atoms with E-state index in [0.717, 1.165) is 50.2 Å². The van der Waals surface area contributed by atoms with Crippen LogP contribution < -0.4 is 0 Å². The number of amidine groups is 1. The Morgan fingerprint density at radius 2 is 0.817 bits per heavy atom. The van der Waals surface area contributed by atoms with Gasteiger partial charge >= 0.3 is 0 Å². The second-order valence-corrected chi connectivity index (χ2v) is 14.9. The molecule has 0 unspecified atom stereocenters. The first-order chi connectivity index (χ1) is 29.7. The lowest BCUT2D eigenvalue weighted by Gasteiger charge is -2.19. The van der Waals surface area contributed by atoms with Crippen LogP contribution in [0.15, 0.2) is 247 Å². The predicted octanol–water partition coefficient (Wildman–Crippen LogP) is 15.1. The van der Waals surface area contributed by atoms with Crippen LogP contribution in [-0.2, 0) is 6.54 Å². The summed E-state index contributed by atoms with van der Waals surface area (Å²) in [6, 6.07) is 84.0. The van der Waals surface area contributed by atoms with Crippen LogP contribution in [0.4, 0.5) is 0 Å². The molecule has 0 heterocycles. The van der Waals surface area contributed by atoms with Crippen molar-refractivity contribution in [2.24, 2.45) is 9.98 Å². The highest BCUT2D eigenvalue weighted by Crippen LogP contribution is 2.43. The number of rotatable bonds is 10. The molecule has 0 aliphatic heterocycles. The average molecular weight is 769 g/mol. The summed E-state index contributed by atoms with van der Waals surface area (Å²) in [7, 11) is 0. The second-order valence-electron chi connectivity index (χ2n) is 14.9. The van der Waals surface area contributed by atoms with Gasteiger partial charge in [-0.05, 0) is 109 Å². The van der Waals surface area contributed by atoms with Crippen LogP contribution in [0.2, 0.25) is 0 Å². The van der Waals surface area contributed by atoms with Crippen LogP contribution in [0.1, 0.15) is 23.6 Å². The Morgan fingerprint density at radius 3 is 1.42 bits per heavy atom. The van der Waals surface area contributed by atoms with Gasteiger partial charge in [0.05, 0.1) is 6.54 Å². The molecule has 0 bridgehead atoms. The zero-order valence-electron chi connectivity index (χ0n) is 33.6. The number of benzene rings is 9. The molecule has 0 aromatic heterocycles. The molecule has 2 heteroatoms. The van der Waals surface area contributed by atoms with Crippen LogP contribution in [-0.4, -0.2) is 11.5 Å². The fourth-order valence-electron chi connectivity index (χ4n) is 7.93. The van der Waals surface area contributed by atoms with E-state index in [1.807, 2.05) is 24.3 Å². The van der Waals surface area contributed by atoms with Gasteiger partial charge in [-0.2, -0.15) is 0 Å². The minimum Gasteiger partial charge on any atom is -0.261 e. The average Bonchev–Trinajstić information content (AvgIpc) is 3.34. The van der Waals surface area contributed by atoms with Gasteiger partial charge in [0.1, 0.15) is 0 Å². The Labute approximate surface area is 353 Å². The van der Waals surface area contributed by atoms with Gasteiger partial charge in [0.2, 0.25) is 0 Å². The van der Waals surface area contributed by atoms with E-state index in [1.165, 1.54) is 38.9 Å². The molecular formula is C58H44N2. The summed E-state index contributed by atoms with van der Waals surface area (Å²) in [5.41, 5.74) is 18.0. The van der Waals surface area contributed by atoms with Crippen LogP contribution in [0.25, 0.3) is 66.8 Å². The van der Waals surface area contributed by atoms with Gasteiger partial charge in [0, 0.05) is 11.3 Å². The van der Waals surface area contributed by atoms with Crippen molar-refractivity contribution in [2.75, 3.05) is 0 Å². The maximum Gasteiger partial charge on any atom is 0.155 e. The monoisotopic (exact) mass is 768 g/mol. The maximum absolute atomic E-state index is 5.36. The summed E-state index contributed by atoms with van der Waals surface area (Å²) >= 11 is 0. The van der Waals surface area contributed by atoms with Gasteiger partial charge in [-0.3, -0.25) is 4.99 Å². The second kappa shape index (κ2) is 17.9. The zero-order valence-corrected chi connectivity index (χ0v) is 33.6. The standard InChI is InChI=1S/C58H44N2/c1-42(60-58(48-31-18-7-19-32-48)59-41-43-21-8-2-9-22-43)50-37-51(55-34-20-33-54(46-27-14-5-15-28-46)57(55)47-29-16-6-17-30-47)39-52(38-50)56-40-49(44-23-10-3-11-24-44)35-36-53(56)45-25-12-4-13-26-45/h2-40H,41H2,1H3. The topological polar surface area (TPSA) is 24.7 Å². The van der Waals surface area contributed by atoms with Crippen molar-refractivity contribution in [3.05, 3.63) is 253 Å². The molecule has 0 saturated carbocycles. The first-order valence-electron chi connectivity index (χ1n) is 20.5. The van der Waals surface area contributed by atoms with Crippen molar-refractivity contribution in [3.8, 4) is 66.8 Å². The highest BCUT2D eigenvalue weighted by atomic mass is 14.9. The van der Waals surface area contributed by atoms with Gasteiger partial charge < -0.3 is 0 Å². The number of hydrogen-bond acceptors (Lipinski definition) is 1. The number of aliphatic imine (C=N–C) groups is 2. The molecule has 0 spiro atoms. The Balaban J connectivity index is 1.30. The van der Waals surface area contributed by atoms with E-state index in [9.17, 15) is 0 Å². The summed E-state index contributed by atoms with van der Waals surface area (Å²) < 4.78 is 0. The summed E-state index contributed by atoms with van der Waals surface area (Å²) in [5.74, 6) is 0.705. The van der Waals surface area contributed by atoms with Crippen molar-refractivity contribution < 1.29 is 0 Å². The van der Waals surface area contributed by atoms with Crippen LogP contribution in [0.3, 0.4) is 0 Å². The lowest BCUT2D eigenvalue weighted by Crippen LogP contribution is -2.05. The summed E-state index contributed by atoms with van der Waals surface area (Å²) in [6.07, 6.45) is 0. The highest BCUT2D eigenvalue weighted by Gasteiger charge is 2.18. The summed E-state index contributed by atoms with van der Waals surface area (Å²) in [5, 5.41) is 0. The summed E-state index contributed by atoms with van der Waals surface area (Å²) in [6.45, 7) is 2.65. The van der Waals surface area contributed by atoms with Crippen LogP contribution >= 0.6 is 0 Å². The van der Waals surface area contributed by atoms with E-state index in [0.29, 0.717) is 12.4 Å². The van der Waals surface area contributed by atoms with Crippen molar-refractivity contribution in [3.63, 3.8) is 0 Å². The third kappa shape index (κ3) is 8.45. The van der Waals surface area contributed by atoms with Crippen molar-refractivity contribution in [1.29, 1.82) is 0 Å². The predicted molar refractivity (Wildman–Crippen MR) is 254 cm³/mol. The van der Waals surface area contributed by atoms with Gasteiger partial charge in [-0.25, -0.2) is 4.99 Å². The van der Waals surface area contributed by atoms with Gasteiger partial charge in [0.15, 0.2) is 5.84 Å². The van der Waals surface area contributed by atoms with Crippen LogP contribution in [0.5, 0.6) is 0 Å². The molecule has 9 aromatic carbocycles. The SMILES string of the molecule is CC(=NC(=NCc1ccccc1)c1ccccc1)c1cc(-c2cc(-c3ccccc3)ccc2-c2ccccc2)cc(-c2cccc(-c3ccccc3)c2-c2ccccc2)c1. The number of hydrogen-bond donors (Lipinski definition) is 0. The fraction of sp³-hybridized carbons (Fsp3) is 0.0345. The van der Waals surface area contributed by atoms with E-state index in [2.05, 4.69) is 219 Å². The molecule has 0 fully saturated rings. The van der Waals surface area contributed by atoms with E-state index < -0.39 is 0 Å².